The van der Waals surface area contributed by atoms with Crippen LogP contribution in [0.25, 0.3) is 5.69 Å². The smallest absolute Gasteiger partial charge is 0.345 e. The molecule has 5 nitrogen and oxygen atoms in total. The molecule has 2 aromatic carbocycles. The third-order valence-electron chi connectivity index (χ3n) is 2.79. The Morgan fingerprint density at radius 1 is 1.10 bits per heavy atom. The first-order valence-corrected chi connectivity index (χ1v) is 6.81. The van der Waals surface area contributed by atoms with Crippen molar-refractivity contribution in [3.8, 4) is 17.4 Å². The highest BCUT2D eigenvalue weighted by Gasteiger charge is 2.11. The number of ether oxygens (including phenoxy) is 1. The molecule has 0 radical (unpaired) electrons. The van der Waals surface area contributed by atoms with Crippen molar-refractivity contribution in [1.29, 1.82) is 0 Å². The van der Waals surface area contributed by atoms with Crippen LogP contribution in [0.1, 0.15) is 5.56 Å². The van der Waals surface area contributed by atoms with Crippen LogP contribution in [0.3, 0.4) is 0 Å². The van der Waals surface area contributed by atoms with Gasteiger partial charge in [0.15, 0.2) is 0 Å². The van der Waals surface area contributed by atoms with Crippen LogP contribution in [0.5, 0.6) is 11.8 Å². The van der Waals surface area contributed by atoms with Crippen LogP contribution < -0.4 is 4.74 Å². The Morgan fingerprint density at radius 3 is 2.70 bits per heavy atom. The summed E-state index contributed by atoms with van der Waals surface area (Å²) in [6.45, 7) is 1.97. The summed E-state index contributed by atoms with van der Waals surface area (Å²) >= 11 is 3.43. The van der Waals surface area contributed by atoms with Gasteiger partial charge >= 0.3 is 6.01 Å². The van der Waals surface area contributed by atoms with Crippen LogP contribution >= 0.6 is 15.9 Å². The van der Waals surface area contributed by atoms with Crippen molar-refractivity contribution < 1.29 is 4.74 Å². The Kier molecular flexibility index (Phi) is 3.47. The standard InChI is InChI=1S/C14H11BrN4O/c1-10-7-8-11(15)9-13(10)20-14-16-17-18-19(14)12-5-3-2-4-6-12/h2-9H,1H3. The lowest BCUT2D eigenvalue weighted by Gasteiger charge is -2.08. The number of para-hydroxylation sites is 1. The van der Waals surface area contributed by atoms with E-state index in [9.17, 15) is 0 Å². The molecule has 0 spiro atoms. The highest BCUT2D eigenvalue weighted by molar-refractivity contribution is 9.10. The summed E-state index contributed by atoms with van der Waals surface area (Å²) in [6, 6.07) is 15.8. The first-order valence-electron chi connectivity index (χ1n) is 6.02. The average Bonchev–Trinajstić information content (AvgIpc) is 2.92. The number of rotatable bonds is 3. The maximum atomic E-state index is 5.81. The molecule has 0 unspecified atom stereocenters. The normalized spacial score (nSPS) is 10.5. The predicted molar refractivity (Wildman–Crippen MR) is 78.1 cm³/mol. The fraction of sp³-hybridized carbons (Fsp3) is 0.0714. The topological polar surface area (TPSA) is 52.8 Å². The predicted octanol–water partition coefficient (Wildman–Crippen LogP) is 3.53. The zero-order chi connectivity index (χ0) is 13.9. The van der Waals surface area contributed by atoms with Crippen molar-refractivity contribution >= 4 is 15.9 Å². The average molecular weight is 331 g/mol. The summed E-state index contributed by atoms with van der Waals surface area (Å²) in [5, 5.41) is 11.5. The van der Waals surface area contributed by atoms with Gasteiger partial charge in [0.05, 0.1) is 5.69 Å². The summed E-state index contributed by atoms with van der Waals surface area (Å²) in [6.07, 6.45) is 0. The molecule has 3 aromatic rings. The Morgan fingerprint density at radius 2 is 1.90 bits per heavy atom. The van der Waals surface area contributed by atoms with Gasteiger partial charge < -0.3 is 4.74 Å². The van der Waals surface area contributed by atoms with E-state index >= 15 is 0 Å². The quantitative estimate of drug-likeness (QED) is 0.737. The third-order valence-corrected chi connectivity index (χ3v) is 3.29. The molecule has 6 heteroatoms. The van der Waals surface area contributed by atoms with Crippen LogP contribution in [0.15, 0.2) is 53.0 Å². The van der Waals surface area contributed by atoms with E-state index in [0.29, 0.717) is 11.8 Å². The van der Waals surface area contributed by atoms with Gasteiger partial charge in [-0.3, -0.25) is 0 Å². The molecule has 0 bridgehead atoms. The molecule has 3 rings (SSSR count). The molecule has 100 valence electrons. The highest BCUT2D eigenvalue weighted by atomic mass is 79.9. The van der Waals surface area contributed by atoms with E-state index in [0.717, 1.165) is 15.7 Å². The molecule has 0 amide bonds. The van der Waals surface area contributed by atoms with Crippen LogP contribution in [0, 0.1) is 6.92 Å². The van der Waals surface area contributed by atoms with Crippen LogP contribution in [-0.4, -0.2) is 20.2 Å². The number of hydrogen-bond acceptors (Lipinski definition) is 4. The number of halogens is 1. The molecule has 1 aromatic heterocycles. The van der Waals surface area contributed by atoms with Crippen molar-refractivity contribution in [2.75, 3.05) is 0 Å². The number of hydrogen-bond donors (Lipinski definition) is 0. The lowest BCUT2D eigenvalue weighted by Crippen LogP contribution is -2.00. The molecule has 0 aliphatic rings. The number of aryl methyl sites for hydroxylation is 1. The van der Waals surface area contributed by atoms with Crippen LogP contribution in [0.2, 0.25) is 0 Å². The van der Waals surface area contributed by atoms with Crippen molar-refractivity contribution in [3.63, 3.8) is 0 Å². The van der Waals surface area contributed by atoms with E-state index in [1.165, 1.54) is 0 Å². The number of benzene rings is 2. The maximum absolute atomic E-state index is 5.81. The van der Waals surface area contributed by atoms with Gasteiger partial charge in [-0.2, -0.15) is 4.68 Å². The third kappa shape index (κ3) is 2.55. The second-order valence-corrected chi connectivity index (χ2v) is 5.14. The van der Waals surface area contributed by atoms with Gasteiger partial charge in [-0.15, -0.1) is 0 Å². The molecule has 0 N–H and O–H groups in total. The number of tetrazole rings is 1. The monoisotopic (exact) mass is 330 g/mol. The van der Waals surface area contributed by atoms with E-state index in [2.05, 4.69) is 31.5 Å². The van der Waals surface area contributed by atoms with E-state index in [4.69, 9.17) is 4.74 Å². The molecule has 0 saturated carbocycles. The number of nitrogens with zero attached hydrogens (tertiary/aromatic N) is 4. The highest BCUT2D eigenvalue weighted by Crippen LogP contribution is 2.27. The van der Waals surface area contributed by atoms with Gasteiger partial charge in [0, 0.05) is 4.47 Å². The van der Waals surface area contributed by atoms with Gasteiger partial charge in [0.25, 0.3) is 0 Å². The summed E-state index contributed by atoms with van der Waals surface area (Å²) in [7, 11) is 0. The Labute approximate surface area is 124 Å². The Hall–Kier alpha value is -2.21. The van der Waals surface area contributed by atoms with Crippen molar-refractivity contribution in [1.82, 2.24) is 20.2 Å². The van der Waals surface area contributed by atoms with Crippen molar-refractivity contribution in [2.45, 2.75) is 6.92 Å². The van der Waals surface area contributed by atoms with E-state index in [1.807, 2.05) is 55.5 Å². The summed E-state index contributed by atoms with van der Waals surface area (Å²) < 4.78 is 8.31. The molecular weight excluding hydrogens is 320 g/mol. The second-order valence-electron chi connectivity index (χ2n) is 4.22. The van der Waals surface area contributed by atoms with E-state index in [1.54, 1.807) is 4.68 Å². The van der Waals surface area contributed by atoms with Gasteiger partial charge in [-0.1, -0.05) is 45.3 Å². The summed E-state index contributed by atoms with van der Waals surface area (Å²) in [4.78, 5) is 0. The van der Waals surface area contributed by atoms with Crippen molar-refractivity contribution in [3.05, 3.63) is 58.6 Å². The first kappa shape index (κ1) is 12.8. The fourth-order valence-electron chi connectivity index (χ4n) is 1.76. The van der Waals surface area contributed by atoms with E-state index < -0.39 is 0 Å². The van der Waals surface area contributed by atoms with Gasteiger partial charge in [-0.25, -0.2) is 0 Å². The maximum Gasteiger partial charge on any atom is 0.345 e. The molecule has 20 heavy (non-hydrogen) atoms. The molecule has 0 aliphatic heterocycles. The first-order chi connectivity index (χ1) is 9.74. The van der Waals surface area contributed by atoms with Crippen molar-refractivity contribution in [2.24, 2.45) is 0 Å². The fourth-order valence-corrected chi connectivity index (χ4v) is 2.10. The minimum atomic E-state index is 0.331. The second kappa shape index (κ2) is 5.42. The molecule has 0 atom stereocenters. The van der Waals surface area contributed by atoms with Crippen LogP contribution in [0.4, 0.5) is 0 Å². The van der Waals surface area contributed by atoms with Gasteiger partial charge in [-0.05, 0) is 47.2 Å². The molecular formula is C14H11BrN4O. The molecule has 0 fully saturated rings. The lowest BCUT2D eigenvalue weighted by atomic mass is 10.2. The molecule has 0 saturated heterocycles. The SMILES string of the molecule is Cc1ccc(Br)cc1Oc1nnnn1-c1ccccc1. The zero-order valence-electron chi connectivity index (χ0n) is 10.7. The van der Waals surface area contributed by atoms with Crippen LogP contribution in [-0.2, 0) is 0 Å². The Bertz CT molecular complexity index is 727. The Balaban J connectivity index is 1.97. The lowest BCUT2D eigenvalue weighted by molar-refractivity contribution is 0.424. The van der Waals surface area contributed by atoms with Gasteiger partial charge in [0.2, 0.25) is 0 Å². The summed E-state index contributed by atoms with van der Waals surface area (Å²) in [5.41, 5.74) is 1.86. The minimum absolute atomic E-state index is 0.331. The minimum Gasteiger partial charge on any atom is -0.423 e. The zero-order valence-corrected chi connectivity index (χ0v) is 12.3. The molecule has 0 aliphatic carbocycles. The van der Waals surface area contributed by atoms with E-state index in [-0.39, 0.29) is 0 Å². The number of aromatic nitrogens is 4. The molecule has 1 heterocycles. The largest absolute Gasteiger partial charge is 0.423 e. The van der Waals surface area contributed by atoms with Gasteiger partial charge in [0.1, 0.15) is 5.75 Å². The summed E-state index contributed by atoms with van der Waals surface area (Å²) in [5.74, 6) is 0.714.